The maximum Gasteiger partial charge on any atom is 0.234 e. The second-order valence-corrected chi connectivity index (χ2v) is 7.63. The molecule has 4 nitrogen and oxygen atoms in total. The summed E-state index contributed by atoms with van der Waals surface area (Å²) in [4.78, 5) is 21.8. The number of hydrogen-bond donors (Lipinski definition) is 1. The summed E-state index contributed by atoms with van der Waals surface area (Å²) in [5.74, 6) is 1.33. The lowest BCUT2D eigenvalue weighted by atomic mass is 10.1. The summed E-state index contributed by atoms with van der Waals surface area (Å²) in [6.45, 7) is 8.16. The van der Waals surface area contributed by atoms with Gasteiger partial charge in [0.25, 0.3) is 0 Å². The highest BCUT2D eigenvalue weighted by Gasteiger charge is 2.13. The molecule has 1 aromatic heterocycles. The van der Waals surface area contributed by atoms with Crippen LogP contribution in [0.15, 0.2) is 47.5 Å². The minimum Gasteiger partial charge on any atom is -0.325 e. The van der Waals surface area contributed by atoms with Crippen molar-refractivity contribution in [1.29, 1.82) is 0 Å². The van der Waals surface area contributed by atoms with E-state index in [1.54, 1.807) is 0 Å². The molecule has 0 fully saturated rings. The third-order valence-corrected chi connectivity index (χ3v) is 5.18. The Morgan fingerprint density at radius 1 is 1.04 bits per heavy atom. The van der Waals surface area contributed by atoms with Gasteiger partial charge >= 0.3 is 0 Å². The van der Waals surface area contributed by atoms with Crippen molar-refractivity contribution in [3.63, 3.8) is 0 Å². The van der Waals surface area contributed by atoms with Gasteiger partial charge < -0.3 is 5.32 Å². The second kappa shape index (κ2) is 7.87. The molecule has 0 saturated heterocycles. The van der Waals surface area contributed by atoms with Gasteiger partial charge in [0.2, 0.25) is 5.91 Å². The van der Waals surface area contributed by atoms with Gasteiger partial charge in [0.15, 0.2) is 0 Å². The molecule has 0 saturated carbocycles. The number of rotatable bonds is 5. The first-order valence-electron chi connectivity index (χ1n) is 8.71. The van der Waals surface area contributed by atoms with Crippen LogP contribution in [-0.4, -0.2) is 21.6 Å². The number of fused-ring (bicyclic) bond motifs is 1. The first-order chi connectivity index (χ1) is 12.5. The van der Waals surface area contributed by atoms with Crippen LogP contribution in [0.5, 0.6) is 0 Å². The van der Waals surface area contributed by atoms with Crippen LogP contribution in [0.4, 0.5) is 5.69 Å². The van der Waals surface area contributed by atoms with E-state index in [4.69, 9.17) is 0 Å². The average molecular weight is 366 g/mol. The number of aromatic nitrogens is 2. The summed E-state index contributed by atoms with van der Waals surface area (Å²) in [7, 11) is 0. The number of carbonyl (C=O) groups is 1. The van der Waals surface area contributed by atoms with Crippen LogP contribution in [0.25, 0.3) is 10.9 Å². The molecule has 0 bridgehead atoms. The Kier molecular flexibility index (Phi) is 5.57. The van der Waals surface area contributed by atoms with Crippen LogP contribution in [0.3, 0.4) is 0 Å². The van der Waals surface area contributed by atoms with E-state index in [0.717, 1.165) is 38.6 Å². The minimum atomic E-state index is -0.0267. The average Bonchev–Trinajstić information content (AvgIpc) is 2.62. The Bertz CT molecular complexity index is 933. The number of anilines is 1. The van der Waals surface area contributed by atoms with Crippen molar-refractivity contribution in [3.8, 4) is 0 Å². The summed E-state index contributed by atoms with van der Waals surface area (Å²) < 4.78 is 0. The number of carbonyl (C=O) groups excluding carboxylic acids is 1. The highest BCUT2D eigenvalue weighted by Crippen LogP contribution is 2.27. The lowest BCUT2D eigenvalue weighted by Gasteiger charge is -2.12. The third kappa shape index (κ3) is 4.05. The number of aryl methyl sites for hydroxylation is 2. The van der Waals surface area contributed by atoms with Crippen molar-refractivity contribution in [1.82, 2.24) is 9.97 Å². The third-order valence-electron chi connectivity index (χ3n) is 4.19. The number of benzene rings is 2. The predicted octanol–water partition coefficient (Wildman–Crippen LogP) is 5.10. The monoisotopic (exact) mass is 365 g/mol. The quantitative estimate of drug-likeness (QED) is 0.505. The molecule has 1 heterocycles. The van der Waals surface area contributed by atoms with Crippen LogP contribution < -0.4 is 5.32 Å². The molecule has 1 N–H and O–H groups in total. The molecular formula is C21H23N3OS. The SMILES string of the molecule is Cc1cccc(C)c1NC(=O)CSc1nc(C(C)C)nc2ccccc12. The fraction of sp³-hybridized carbons (Fsp3) is 0.286. The van der Waals surface area contributed by atoms with E-state index in [1.807, 2.05) is 56.3 Å². The summed E-state index contributed by atoms with van der Waals surface area (Å²) in [5.41, 5.74) is 3.95. The molecule has 0 spiro atoms. The normalized spacial score (nSPS) is 11.1. The van der Waals surface area contributed by atoms with E-state index in [0.29, 0.717) is 5.75 Å². The maximum absolute atomic E-state index is 12.5. The molecule has 3 aromatic rings. The molecule has 134 valence electrons. The molecule has 1 amide bonds. The lowest BCUT2D eigenvalue weighted by Crippen LogP contribution is -2.16. The standard InChI is InChI=1S/C21H23N3OS/c1-13(2)20-22-17-11-6-5-10-16(17)21(24-20)26-12-18(25)23-19-14(3)8-7-9-15(19)4/h5-11,13H,12H2,1-4H3,(H,23,25). The molecule has 5 heteroatoms. The van der Waals surface area contributed by atoms with Gasteiger partial charge in [0, 0.05) is 17.0 Å². The topological polar surface area (TPSA) is 54.9 Å². The number of amides is 1. The number of hydrogen-bond acceptors (Lipinski definition) is 4. The highest BCUT2D eigenvalue weighted by molar-refractivity contribution is 8.00. The van der Waals surface area contributed by atoms with Gasteiger partial charge in [0.1, 0.15) is 10.9 Å². The molecule has 3 rings (SSSR count). The van der Waals surface area contributed by atoms with E-state index in [-0.39, 0.29) is 11.8 Å². The van der Waals surface area contributed by atoms with E-state index >= 15 is 0 Å². The van der Waals surface area contributed by atoms with Gasteiger partial charge in [0.05, 0.1) is 11.3 Å². The first kappa shape index (κ1) is 18.4. The Morgan fingerprint density at radius 3 is 2.42 bits per heavy atom. The number of thioether (sulfide) groups is 1. The van der Waals surface area contributed by atoms with Gasteiger partial charge in [-0.3, -0.25) is 4.79 Å². The van der Waals surface area contributed by atoms with Crippen LogP contribution in [0.1, 0.15) is 36.7 Å². The molecule has 0 unspecified atom stereocenters. The number of nitrogens with one attached hydrogen (secondary N) is 1. The first-order valence-corrected chi connectivity index (χ1v) is 9.70. The van der Waals surface area contributed by atoms with Crippen LogP contribution in [0.2, 0.25) is 0 Å². The molecule has 0 aliphatic heterocycles. The minimum absolute atomic E-state index is 0.0267. The predicted molar refractivity (Wildman–Crippen MR) is 109 cm³/mol. The zero-order chi connectivity index (χ0) is 18.7. The van der Waals surface area contributed by atoms with Crippen molar-refractivity contribution >= 4 is 34.3 Å². The van der Waals surface area contributed by atoms with Crippen molar-refractivity contribution in [3.05, 3.63) is 59.4 Å². The molecule has 0 radical (unpaired) electrons. The summed E-state index contributed by atoms with van der Waals surface area (Å²) in [6.07, 6.45) is 0. The smallest absolute Gasteiger partial charge is 0.234 e. The molecule has 26 heavy (non-hydrogen) atoms. The largest absolute Gasteiger partial charge is 0.325 e. The van der Waals surface area contributed by atoms with Crippen LogP contribution in [-0.2, 0) is 4.79 Å². The fourth-order valence-electron chi connectivity index (χ4n) is 2.75. The number of nitrogens with zero attached hydrogens (tertiary/aromatic N) is 2. The highest BCUT2D eigenvalue weighted by atomic mass is 32.2. The number of para-hydroxylation sites is 2. The fourth-order valence-corrected chi connectivity index (χ4v) is 3.58. The Hall–Kier alpha value is -2.40. The summed E-state index contributed by atoms with van der Waals surface area (Å²) in [6, 6.07) is 13.9. The summed E-state index contributed by atoms with van der Waals surface area (Å²) in [5, 5.41) is 4.88. The molecular weight excluding hydrogens is 342 g/mol. The van der Waals surface area contributed by atoms with E-state index < -0.39 is 0 Å². The Morgan fingerprint density at radius 2 is 1.73 bits per heavy atom. The van der Waals surface area contributed by atoms with E-state index in [1.165, 1.54) is 11.8 Å². The van der Waals surface area contributed by atoms with Gasteiger partial charge in [-0.15, -0.1) is 0 Å². The molecule has 2 aromatic carbocycles. The zero-order valence-corrected chi connectivity index (χ0v) is 16.4. The zero-order valence-electron chi connectivity index (χ0n) is 15.5. The van der Waals surface area contributed by atoms with E-state index in [9.17, 15) is 4.79 Å². The van der Waals surface area contributed by atoms with Crippen LogP contribution in [0, 0.1) is 13.8 Å². The van der Waals surface area contributed by atoms with Crippen molar-refractivity contribution in [2.75, 3.05) is 11.1 Å². The van der Waals surface area contributed by atoms with Crippen molar-refractivity contribution in [2.24, 2.45) is 0 Å². The van der Waals surface area contributed by atoms with E-state index in [2.05, 4.69) is 29.1 Å². The lowest BCUT2D eigenvalue weighted by molar-refractivity contribution is -0.113. The van der Waals surface area contributed by atoms with Gasteiger partial charge in [-0.2, -0.15) is 0 Å². The Balaban J connectivity index is 1.80. The molecule has 0 aliphatic rings. The van der Waals surface area contributed by atoms with Gasteiger partial charge in [-0.25, -0.2) is 9.97 Å². The molecule has 0 atom stereocenters. The van der Waals surface area contributed by atoms with Crippen molar-refractivity contribution in [2.45, 2.75) is 38.6 Å². The summed E-state index contributed by atoms with van der Waals surface area (Å²) >= 11 is 1.46. The van der Waals surface area contributed by atoms with Gasteiger partial charge in [-0.05, 0) is 31.0 Å². The molecule has 0 aliphatic carbocycles. The second-order valence-electron chi connectivity index (χ2n) is 6.66. The van der Waals surface area contributed by atoms with Crippen LogP contribution >= 0.6 is 11.8 Å². The van der Waals surface area contributed by atoms with Crippen molar-refractivity contribution < 1.29 is 4.79 Å². The maximum atomic E-state index is 12.5. The van der Waals surface area contributed by atoms with Gasteiger partial charge in [-0.1, -0.05) is 62.0 Å². The Labute approximate surface area is 158 Å².